The van der Waals surface area contributed by atoms with Crippen molar-refractivity contribution in [3.05, 3.63) is 53.9 Å². The first-order chi connectivity index (χ1) is 9.22. The first kappa shape index (κ1) is 13.1. The summed E-state index contributed by atoms with van der Waals surface area (Å²) in [6.07, 6.45) is 2.51. The van der Waals surface area contributed by atoms with Crippen LogP contribution in [0.1, 0.15) is 30.6 Å². The van der Waals surface area contributed by atoms with Crippen molar-refractivity contribution in [3.8, 4) is 17.6 Å². The molecular formula is C15H15N3O. The van der Waals surface area contributed by atoms with Crippen LogP contribution in [0.25, 0.3) is 0 Å². The van der Waals surface area contributed by atoms with Crippen molar-refractivity contribution in [2.75, 3.05) is 0 Å². The summed E-state index contributed by atoms with van der Waals surface area (Å²) in [6.45, 7) is 2.02. The first-order valence-electron chi connectivity index (χ1n) is 6.12. The minimum absolute atomic E-state index is 0.0380. The van der Waals surface area contributed by atoms with Crippen LogP contribution in [0.3, 0.4) is 0 Å². The molecule has 2 aromatic rings. The van der Waals surface area contributed by atoms with Gasteiger partial charge in [0.05, 0.1) is 23.5 Å². The van der Waals surface area contributed by atoms with Crippen LogP contribution in [0, 0.1) is 11.3 Å². The number of benzene rings is 1. The van der Waals surface area contributed by atoms with Gasteiger partial charge in [0.1, 0.15) is 11.5 Å². The highest BCUT2D eigenvalue weighted by molar-refractivity contribution is 5.37. The maximum absolute atomic E-state index is 8.71. The molecule has 4 nitrogen and oxygen atoms in total. The number of nitrogens with two attached hydrogens (primary N) is 1. The predicted octanol–water partition coefficient (Wildman–Crippen LogP) is 3.16. The molecule has 0 aliphatic carbocycles. The third-order valence-electron chi connectivity index (χ3n) is 2.80. The number of hydrogen-bond donors (Lipinski definition) is 1. The molecule has 0 saturated heterocycles. The minimum Gasteiger partial charge on any atom is -0.456 e. The molecule has 1 atom stereocenters. The largest absolute Gasteiger partial charge is 0.456 e. The summed E-state index contributed by atoms with van der Waals surface area (Å²) in [5.74, 6) is 1.32. The lowest BCUT2D eigenvalue weighted by molar-refractivity contribution is 0.479. The lowest BCUT2D eigenvalue weighted by atomic mass is 10.1. The molecule has 0 bridgehead atoms. The molecule has 2 N–H and O–H groups in total. The normalized spacial score (nSPS) is 11.6. The van der Waals surface area contributed by atoms with E-state index in [9.17, 15) is 0 Å². The van der Waals surface area contributed by atoms with Crippen molar-refractivity contribution in [3.63, 3.8) is 0 Å². The monoisotopic (exact) mass is 253 g/mol. The van der Waals surface area contributed by atoms with E-state index >= 15 is 0 Å². The zero-order chi connectivity index (χ0) is 13.7. The molecule has 96 valence electrons. The lowest BCUT2D eigenvalue weighted by Gasteiger charge is -2.09. The smallest absolute Gasteiger partial charge is 0.145 e. The van der Waals surface area contributed by atoms with Crippen molar-refractivity contribution in [2.45, 2.75) is 19.4 Å². The molecular weight excluding hydrogens is 238 g/mol. The van der Waals surface area contributed by atoms with Crippen LogP contribution in [-0.4, -0.2) is 4.98 Å². The molecule has 0 saturated carbocycles. The molecule has 0 aliphatic heterocycles. The lowest BCUT2D eigenvalue weighted by Crippen LogP contribution is -2.10. The standard InChI is InChI=1S/C15H15N3O/c1-2-14(17)15-8-7-13(10-18-15)19-12-5-3-11(9-16)4-6-12/h3-8,10,14H,2,17H2,1H3. The van der Waals surface area contributed by atoms with Gasteiger partial charge in [-0.1, -0.05) is 6.92 Å². The van der Waals surface area contributed by atoms with E-state index in [0.29, 0.717) is 17.1 Å². The topological polar surface area (TPSA) is 71.9 Å². The molecule has 2 rings (SSSR count). The molecule has 0 spiro atoms. The molecule has 1 unspecified atom stereocenters. The fourth-order valence-corrected chi connectivity index (χ4v) is 1.61. The Labute approximate surface area is 112 Å². The molecule has 19 heavy (non-hydrogen) atoms. The Balaban J connectivity index is 2.08. The second-order valence-corrected chi connectivity index (χ2v) is 4.17. The molecule has 1 aromatic carbocycles. The van der Waals surface area contributed by atoms with E-state index in [4.69, 9.17) is 15.7 Å². The van der Waals surface area contributed by atoms with Gasteiger partial charge in [-0.3, -0.25) is 4.98 Å². The summed E-state index contributed by atoms with van der Waals surface area (Å²) >= 11 is 0. The van der Waals surface area contributed by atoms with Gasteiger partial charge < -0.3 is 10.5 Å². The van der Waals surface area contributed by atoms with Gasteiger partial charge in [-0.15, -0.1) is 0 Å². The highest BCUT2D eigenvalue weighted by Crippen LogP contribution is 2.22. The molecule has 1 aromatic heterocycles. The van der Waals surface area contributed by atoms with Gasteiger partial charge in [0, 0.05) is 6.04 Å². The number of hydrogen-bond acceptors (Lipinski definition) is 4. The fourth-order valence-electron chi connectivity index (χ4n) is 1.61. The molecule has 4 heteroatoms. The summed E-state index contributed by atoms with van der Waals surface area (Å²) in [4.78, 5) is 4.28. The summed E-state index contributed by atoms with van der Waals surface area (Å²) in [6, 6.07) is 12.7. The Morgan fingerprint density at radius 3 is 2.42 bits per heavy atom. The van der Waals surface area contributed by atoms with Gasteiger partial charge in [0.15, 0.2) is 0 Å². The van der Waals surface area contributed by atoms with Crippen LogP contribution < -0.4 is 10.5 Å². The second kappa shape index (κ2) is 5.98. The van der Waals surface area contributed by atoms with E-state index in [-0.39, 0.29) is 6.04 Å². The van der Waals surface area contributed by atoms with Gasteiger partial charge in [-0.05, 0) is 42.8 Å². The highest BCUT2D eigenvalue weighted by atomic mass is 16.5. The first-order valence-corrected chi connectivity index (χ1v) is 6.12. The summed E-state index contributed by atoms with van der Waals surface area (Å²) in [7, 11) is 0. The van der Waals surface area contributed by atoms with Gasteiger partial charge >= 0.3 is 0 Å². The molecule has 0 aliphatic rings. The number of aromatic nitrogens is 1. The predicted molar refractivity (Wildman–Crippen MR) is 72.7 cm³/mol. The molecule has 0 radical (unpaired) electrons. The number of nitrogens with zero attached hydrogens (tertiary/aromatic N) is 2. The summed E-state index contributed by atoms with van der Waals surface area (Å²) in [5, 5.41) is 8.71. The maximum atomic E-state index is 8.71. The van der Waals surface area contributed by atoms with Crippen molar-refractivity contribution < 1.29 is 4.74 Å². The third kappa shape index (κ3) is 3.30. The number of rotatable bonds is 4. The Kier molecular flexibility index (Phi) is 4.11. The van der Waals surface area contributed by atoms with Crippen LogP contribution in [0.4, 0.5) is 0 Å². The zero-order valence-electron chi connectivity index (χ0n) is 10.7. The van der Waals surface area contributed by atoms with Crippen molar-refractivity contribution >= 4 is 0 Å². The van der Waals surface area contributed by atoms with Crippen LogP contribution >= 0.6 is 0 Å². The van der Waals surface area contributed by atoms with E-state index in [1.54, 1.807) is 30.5 Å². The zero-order valence-corrected chi connectivity index (χ0v) is 10.7. The van der Waals surface area contributed by atoms with Crippen molar-refractivity contribution in [2.24, 2.45) is 5.73 Å². The number of pyridine rings is 1. The van der Waals surface area contributed by atoms with E-state index in [0.717, 1.165) is 12.1 Å². The van der Waals surface area contributed by atoms with Crippen molar-refractivity contribution in [1.82, 2.24) is 4.98 Å². The number of nitriles is 1. The van der Waals surface area contributed by atoms with E-state index < -0.39 is 0 Å². The van der Waals surface area contributed by atoms with E-state index in [1.807, 2.05) is 19.1 Å². The van der Waals surface area contributed by atoms with Gasteiger partial charge in [0.2, 0.25) is 0 Å². The SMILES string of the molecule is CCC(N)c1ccc(Oc2ccc(C#N)cc2)cn1. The highest BCUT2D eigenvalue weighted by Gasteiger charge is 2.05. The third-order valence-corrected chi connectivity index (χ3v) is 2.80. The van der Waals surface area contributed by atoms with Gasteiger partial charge in [0.25, 0.3) is 0 Å². The Morgan fingerprint density at radius 1 is 1.21 bits per heavy atom. The molecule has 1 heterocycles. The second-order valence-electron chi connectivity index (χ2n) is 4.17. The molecule has 0 amide bonds. The van der Waals surface area contributed by atoms with Crippen LogP contribution in [0.5, 0.6) is 11.5 Å². The fraction of sp³-hybridized carbons (Fsp3) is 0.200. The Morgan fingerprint density at radius 2 is 1.89 bits per heavy atom. The molecule has 0 fully saturated rings. The van der Waals surface area contributed by atoms with Crippen molar-refractivity contribution in [1.29, 1.82) is 5.26 Å². The van der Waals surface area contributed by atoms with E-state index in [1.165, 1.54) is 0 Å². The Hall–Kier alpha value is -2.38. The average Bonchev–Trinajstić information content (AvgIpc) is 2.48. The quantitative estimate of drug-likeness (QED) is 0.908. The summed E-state index contributed by atoms with van der Waals surface area (Å²) in [5.41, 5.74) is 7.36. The van der Waals surface area contributed by atoms with Crippen LogP contribution in [-0.2, 0) is 0 Å². The summed E-state index contributed by atoms with van der Waals surface area (Å²) < 4.78 is 5.63. The minimum atomic E-state index is -0.0380. The van der Waals surface area contributed by atoms with E-state index in [2.05, 4.69) is 11.1 Å². The number of ether oxygens (including phenoxy) is 1. The van der Waals surface area contributed by atoms with Gasteiger partial charge in [-0.25, -0.2) is 0 Å². The Bertz CT molecular complexity index is 570. The average molecular weight is 253 g/mol. The maximum Gasteiger partial charge on any atom is 0.145 e. The van der Waals surface area contributed by atoms with Crippen LogP contribution in [0.2, 0.25) is 0 Å². The van der Waals surface area contributed by atoms with Crippen LogP contribution in [0.15, 0.2) is 42.6 Å². The van der Waals surface area contributed by atoms with Gasteiger partial charge in [-0.2, -0.15) is 5.26 Å².